The first kappa shape index (κ1) is 26.9. The van der Waals surface area contributed by atoms with Gasteiger partial charge in [0.05, 0.1) is 19.1 Å². The maximum absolute atomic E-state index is 12.7. The Morgan fingerprint density at radius 2 is 1.86 bits per heavy atom. The van der Waals surface area contributed by atoms with Gasteiger partial charge in [0.1, 0.15) is 10.4 Å². The van der Waals surface area contributed by atoms with Gasteiger partial charge in [-0.2, -0.15) is 0 Å². The summed E-state index contributed by atoms with van der Waals surface area (Å²) in [7, 11) is 2.47. The van der Waals surface area contributed by atoms with Gasteiger partial charge in [0.25, 0.3) is 11.8 Å². The first-order valence-electron chi connectivity index (χ1n) is 10.9. The molecule has 9 nitrogen and oxygen atoms in total. The smallest absolute Gasteiger partial charge is 0.328 e. The number of rotatable bonds is 10. The van der Waals surface area contributed by atoms with Crippen LogP contribution in [0, 0.1) is 0 Å². The van der Waals surface area contributed by atoms with Crippen molar-refractivity contribution in [3.8, 4) is 0 Å². The molecule has 1 atom stereocenters. The molecule has 2 aromatic rings. The number of anilines is 1. The van der Waals surface area contributed by atoms with E-state index in [2.05, 4.69) is 20.7 Å². The second-order valence-corrected chi connectivity index (χ2v) is 9.41. The van der Waals surface area contributed by atoms with E-state index >= 15 is 0 Å². The van der Waals surface area contributed by atoms with Crippen LogP contribution in [0.4, 0.5) is 5.69 Å². The first-order valence-corrected chi connectivity index (χ1v) is 12.1. The van der Waals surface area contributed by atoms with Crippen LogP contribution in [0.25, 0.3) is 6.08 Å². The summed E-state index contributed by atoms with van der Waals surface area (Å²) in [6.07, 6.45) is 1.81. The van der Waals surface area contributed by atoms with E-state index in [9.17, 15) is 19.2 Å². The van der Waals surface area contributed by atoms with Crippen LogP contribution in [0.5, 0.6) is 0 Å². The Bertz CT molecular complexity index is 1200. The van der Waals surface area contributed by atoms with E-state index in [4.69, 9.17) is 17.0 Å². The molecule has 0 saturated carbocycles. The zero-order valence-corrected chi connectivity index (χ0v) is 21.3. The second kappa shape index (κ2) is 12.8. The monoisotopic (exact) mass is 527 g/mol. The van der Waals surface area contributed by atoms with Crippen molar-refractivity contribution >= 4 is 63.8 Å². The maximum Gasteiger partial charge on any atom is 0.328 e. The highest BCUT2D eigenvalue weighted by molar-refractivity contribution is 8.26. The molecule has 36 heavy (non-hydrogen) atoms. The molecule has 3 N–H and O–H groups in total. The minimum atomic E-state index is -0.971. The maximum atomic E-state index is 12.7. The molecule has 0 bridgehead atoms. The molecule has 2 amide bonds. The van der Waals surface area contributed by atoms with Crippen molar-refractivity contribution in [2.75, 3.05) is 19.5 Å². The first-order chi connectivity index (χ1) is 17.3. The van der Waals surface area contributed by atoms with Gasteiger partial charge in [0, 0.05) is 24.2 Å². The molecule has 1 fully saturated rings. The Hall–Kier alpha value is -3.70. The lowest BCUT2D eigenvalue weighted by Crippen LogP contribution is -2.41. The van der Waals surface area contributed by atoms with E-state index in [1.165, 1.54) is 26.0 Å². The molecule has 0 radical (unpaired) electrons. The molecule has 188 valence electrons. The number of benzene rings is 2. The summed E-state index contributed by atoms with van der Waals surface area (Å²) >= 11 is 6.23. The van der Waals surface area contributed by atoms with Gasteiger partial charge in [0.15, 0.2) is 0 Å². The number of nitrogens with one attached hydrogen (secondary N) is 3. The van der Waals surface area contributed by atoms with Crippen molar-refractivity contribution in [2.45, 2.75) is 25.4 Å². The van der Waals surface area contributed by atoms with Crippen LogP contribution in [0.3, 0.4) is 0 Å². The Kier molecular flexibility index (Phi) is 9.60. The fourth-order valence-corrected chi connectivity index (χ4v) is 4.34. The number of amides is 2. The van der Waals surface area contributed by atoms with Crippen LogP contribution in [0.1, 0.15) is 34.3 Å². The molecule has 0 aromatic heterocycles. The minimum absolute atomic E-state index is 0.0319. The van der Waals surface area contributed by atoms with Gasteiger partial charge >= 0.3 is 11.9 Å². The summed E-state index contributed by atoms with van der Waals surface area (Å²) in [5.74, 6) is -1.78. The predicted octanol–water partition coefficient (Wildman–Crippen LogP) is 3.01. The molecule has 0 spiro atoms. The third kappa shape index (κ3) is 7.65. The summed E-state index contributed by atoms with van der Waals surface area (Å²) in [4.78, 5) is 48.5. The molecule has 11 heteroatoms. The normalized spacial score (nSPS) is 14.7. The number of ether oxygens (including phenoxy) is 2. The van der Waals surface area contributed by atoms with Gasteiger partial charge in [-0.25, -0.2) is 4.79 Å². The van der Waals surface area contributed by atoms with Crippen LogP contribution >= 0.6 is 24.0 Å². The van der Waals surface area contributed by atoms with Crippen LogP contribution in [0.2, 0.25) is 0 Å². The average Bonchev–Trinajstić information content (AvgIpc) is 3.21. The molecule has 3 rings (SSSR count). The topological polar surface area (TPSA) is 123 Å². The fraction of sp³-hybridized carbons (Fsp3) is 0.240. The Morgan fingerprint density at radius 3 is 2.50 bits per heavy atom. The number of methoxy groups -OCH3 is 2. The quantitative estimate of drug-likeness (QED) is 0.243. The van der Waals surface area contributed by atoms with Gasteiger partial charge in [-0.15, -0.1) is 0 Å². The molecule has 0 unspecified atom stereocenters. The largest absolute Gasteiger partial charge is 0.469 e. The molecule has 1 heterocycles. The van der Waals surface area contributed by atoms with Crippen LogP contribution < -0.4 is 16.0 Å². The number of hydrogen-bond donors (Lipinski definition) is 3. The highest BCUT2D eigenvalue weighted by Gasteiger charge is 2.24. The van der Waals surface area contributed by atoms with Crippen molar-refractivity contribution in [1.29, 1.82) is 0 Å². The van der Waals surface area contributed by atoms with E-state index < -0.39 is 23.9 Å². The number of thiocarbonyl (C=S) groups is 1. The third-order valence-electron chi connectivity index (χ3n) is 5.19. The molecular formula is C25H25N3O6S2. The average molecular weight is 528 g/mol. The van der Waals surface area contributed by atoms with Crippen LogP contribution in [-0.4, -0.2) is 48.3 Å². The summed E-state index contributed by atoms with van der Waals surface area (Å²) in [5.41, 5.74) is 2.95. The number of esters is 2. The molecule has 2 aromatic carbocycles. The highest BCUT2D eigenvalue weighted by Crippen LogP contribution is 2.26. The predicted molar refractivity (Wildman–Crippen MR) is 141 cm³/mol. The fourth-order valence-electron chi connectivity index (χ4n) is 3.29. The van der Waals surface area contributed by atoms with Gasteiger partial charge in [0.2, 0.25) is 0 Å². The lowest BCUT2D eigenvalue weighted by atomic mass is 10.1. The van der Waals surface area contributed by atoms with Crippen molar-refractivity contribution < 1.29 is 28.7 Å². The lowest BCUT2D eigenvalue weighted by Gasteiger charge is -2.16. The van der Waals surface area contributed by atoms with E-state index in [0.29, 0.717) is 21.3 Å². The number of carbonyl (C=O) groups is 4. The summed E-state index contributed by atoms with van der Waals surface area (Å²) in [6, 6.07) is 13.6. The van der Waals surface area contributed by atoms with E-state index in [1.807, 2.05) is 30.3 Å². The van der Waals surface area contributed by atoms with Gasteiger partial charge in [-0.05, 0) is 47.9 Å². The van der Waals surface area contributed by atoms with Crippen molar-refractivity contribution in [3.63, 3.8) is 0 Å². The SMILES string of the molecule is COC(=O)CC[C@@H](NC(=O)c1cccc(CNc2ccc(/C=C3\SC(=S)NC3=O)cc2)c1)C(=O)OC. The number of thioether (sulfide) groups is 1. The molecule has 1 saturated heterocycles. The second-order valence-electron chi connectivity index (χ2n) is 7.69. The summed E-state index contributed by atoms with van der Waals surface area (Å²) in [5, 5.41) is 8.49. The zero-order valence-electron chi connectivity index (χ0n) is 19.7. The lowest BCUT2D eigenvalue weighted by molar-refractivity contribution is -0.144. The minimum Gasteiger partial charge on any atom is -0.469 e. The number of hydrogen-bond acceptors (Lipinski definition) is 9. The van der Waals surface area contributed by atoms with E-state index in [0.717, 1.165) is 16.8 Å². The zero-order chi connectivity index (χ0) is 26.1. The van der Waals surface area contributed by atoms with E-state index in [-0.39, 0.29) is 18.7 Å². The molecular weight excluding hydrogens is 502 g/mol. The number of carbonyl (C=O) groups excluding carboxylic acids is 4. The van der Waals surface area contributed by atoms with Gasteiger partial charge in [-0.1, -0.05) is 48.2 Å². The highest BCUT2D eigenvalue weighted by atomic mass is 32.2. The Balaban J connectivity index is 1.59. The van der Waals surface area contributed by atoms with Gasteiger partial charge < -0.3 is 25.4 Å². The Morgan fingerprint density at radius 1 is 1.11 bits per heavy atom. The Labute approximate surface area is 218 Å². The molecule has 1 aliphatic rings. The van der Waals surface area contributed by atoms with E-state index in [1.54, 1.807) is 24.3 Å². The van der Waals surface area contributed by atoms with Crippen molar-refractivity contribution in [2.24, 2.45) is 0 Å². The van der Waals surface area contributed by atoms with Gasteiger partial charge in [-0.3, -0.25) is 14.4 Å². The molecule has 0 aliphatic carbocycles. The molecule has 1 aliphatic heterocycles. The summed E-state index contributed by atoms with van der Waals surface area (Å²) < 4.78 is 9.77. The summed E-state index contributed by atoms with van der Waals surface area (Å²) in [6.45, 7) is 0.455. The van der Waals surface area contributed by atoms with Crippen LogP contribution in [0.15, 0.2) is 53.4 Å². The standard InChI is InChI=1S/C25H25N3O6S2/c1-33-21(29)11-10-19(24(32)34-2)27-22(30)17-5-3-4-16(12-17)14-26-18-8-6-15(7-9-18)13-20-23(31)28-25(35)36-20/h3-9,12-13,19,26H,10-11,14H2,1-2H3,(H,27,30)(H,28,31,35)/b20-13-/t19-/m1/s1. The van der Waals surface area contributed by atoms with Crippen LogP contribution in [-0.2, 0) is 30.4 Å². The van der Waals surface area contributed by atoms with Crippen molar-refractivity contribution in [1.82, 2.24) is 10.6 Å². The van der Waals surface area contributed by atoms with Crippen molar-refractivity contribution in [3.05, 3.63) is 70.1 Å². The third-order valence-corrected chi connectivity index (χ3v) is 6.35.